The molecule has 0 aromatic heterocycles. The van der Waals surface area contributed by atoms with Crippen molar-refractivity contribution < 1.29 is 49.0 Å². The Hall–Kier alpha value is -0.877. The Balaban J connectivity index is 0.000000645. The topological polar surface area (TPSA) is 0 Å². The maximum absolute atomic E-state index is 3.62. The molecule has 1 aliphatic rings. The van der Waals surface area contributed by atoms with Crippen LogP contribution in [0.25, 0.3) is 11.1 Å². The van der Waals surface area contributed by atoms with E-state index >= 15 is 0 Å². The minimum Gasteiger partial charge on any atom is -1.00 e. The van der Waals surface area contributed by atoms with Crippen LogP contribution in [0.3, 0.4) is 0 Å². The van der Waals surface area contributed by atoms with Gasteiger partial charge in [-0.3, -0.25) is 0 Å². The molecule has 3 aromatic carbocycles. The summed E-state index contributed by atoms with van der Waals surface area (Å²) in [6.07, 6.45) is 1.05. The van der Waals surface area contributed by atoms with E-state index in [0.29, 0.717) is 11.8 Å². The minimum atomic E-state index is 0. The molecule has 0 saturated carbocycles. The van der Waals surface area contributed by atoms with E-state index in [1.165, 1.54) is 36.6 Å². The van der Waals surface area contributed by atoms with Gasteiger partial charge >= 0.3 is 41.3 Å². The molecule has 0 radical (unpaired) electrons. The van der Waals surface area contributed by atoms with Gasteiger partial charge in [-0.25, -0.2) is 12.1 Å². The third-order valence-electron chi connectivity index (χ3n) is 4.68. The summed E-state index contributed by atoms with van der Waals surface area (Å²) in [6, 6.07) is 25.1. The van der Waals surface area contributed by atoms with Crippen LogP contribution in [0.15, 0.2) is 60.7 Å². The summed E-state index contributed by atoms with van der Waals surface area (Å²) in [7, 11) is 0. The van der Waals surface area contributed by atoms with Crippen molar-refractivity contribution in [2.45, 2.75) is 59.8 Å². The first-order chi connectivity index (χ1) is 13.3. The van der Waals surface area contributed by atoms with Crippen molar-refractivity contribution >= 4 is 3.21 Å². The number of hydrogen-bond acceptors (Lipinski definition) is 0. The van der Waals surface area contributed by atoms with E-state index < -0.39 is 0 Å². The van der Waals surface area contributed by atoms with E-state index in [1.54, 1.807) is 24.2 Å². The fraction of sp³-hybridized carbons (Fsp3) is 0.333. The zero-order valence-electron chi connectivity index (χ0n) is 18.9. The van der Waals surface area contributed by atoms with Crippen molar-refractivity contribution in [3.8, 4) is 11.1 Å². The van der Waals surface area contributed by atoms with Crippen molar-refractivity contribution in [1.29, 1.82) is 0 Å². The van der Waals surface area contributed by atoms with Gasteiger partial charge in [-0.2, -0.15) is 42.0 Å². The zero-order chi connectivity index (χ0) is 20.7. The van der Waals surface area contributed by atoms with E-state index in [9.17, 15) is 0 Å². The summed E-state index contributed by atoms with van der Waals surface area (Å²) in [5, 5.41) is 0. The van der Waals surface area contributed by atoms with Gasteiger partial charge in [-0.05, 0) is 29.4 Å². The van der Waals surface area contributed by atoms with Crippen LogP contribution in [0.4, 0.5) is 0 Å². The Morgan fingerprint density at radius 1 is 0.900 bits per heavy atom. The van der Waals surface area contributed by atoms with E-state index in [1.807, 2.05) is 30.3 Å². The zero-order valence-corrected chi connectivity index (χ0v) is 22.9. The third kappa shape index (κ3) is 8.70. The Kier molecular flexibility index (Phi) is 13.8. The molecule has 160 valence electrons. The summed E-state index contributed by atoms with van der Waals surface area (Å²) >= 11 is 1.55. The van der Waals surface area contributed by atoms with E-state index in [-0.39, 0.29) is 24.8 Å². The maximum atomic E-state index is 3.62. The molecular formula is C27H32Cl2Zr-2. The number of hydrogen-bond donors (Lipinski definition) is 0. The van der Waals surface area contributed by atoms with Crippen LogP contribution >= 0.6 is 0 Å². The van der Waals surface area contributed by atoms with Gasteiger partial charge < -0.3 is 24.8 Å². The van der Waals surface area contributed by atoms with Crippen LogP contribution in [0.5, 0.6) is 0 Å². The van der Waals surface area contributed by atoms with E-state index in [2.05, 4.69) is 77.9 Å². The fourth-order valence-electron chi connectivity index (χ4n) is 3.18. The first-order valence-corrected chi connectivity index (χ1v) is 11.4. The van der Waals surface area contributed by atoms with Crippen LogP contribution in [0.2, 0.25) is 0 Å². The quantitative estimate of drug-likeness (QED) is 0.353. The molecule has 0 aliphatic heterocycles. The average molecular weight is 519 g/mol. The maximum Gasteiger partial charge on any atom is -0.172 e. The molecule has 4 rings (SSSR count). The summed E-state index contributed by atoms with van der Waals surface area (Å²) in [5.74, 6) is 1.16. The summed E-state index contributed by atoms with van der Waals surface area (Å²) < 4.78 is 1.51. The first kappa shape index (κ1) is 29.1. The largest absolute Gasteiger partial charge is 1.00 e. The molecule has 0 spiro atoms. The van der Waals surface area contributed by atoms with Gasteiger partial charge in [0.1, 0.15) is 0 Å². The Labute approximate surface area is 211 Å². The summed E-state index contributed by atoms with van der Waals surface area (Å²) in [4.78, 5) is 0. The molecule has 0 fully saturated rings. The molecule has 0 unspecified atom stereocenters. The van der Waals surface area contributed by atoms with Gasteiger partial charge in [0.25, 0.3) is 0 Å². The molecule has 1 aliphatic carbocycles. The molecule has 0 heterocycles. The molecule has 3 heteroatoms. The van der Waals surface area contributed by atoms with Gasteiger partial charge in [0.15, 0.2) is 0 Å². The van der Waals surface area contributed by atoms with Crippen LogP contribution < -0.4 is 24.8 Å². The number of halogens is 2. The molecule has 3 aromatic rings. The predicted molar refractivity (Wildman–Crippen MR) is 120 cm³/mol. The number of rotatable bonds is 2. The molecule has 0 atom stereocenters. The Morgan fingerprint density at radius 2 is 1.47 bits per heavy atom. The summed E-state index contributed by atoms with van der Waals surface area (Å²) in [5.41, 5.74) is 8.41. The first-order valence-electron chi connectivity index (χ1n) is 10.2. The second-order valence-corrected chi connectivity index (χ2v) is 10.6. The van der Waals surface area contributed by atoms with Crippen LogP contribution in [-0.4, -0.2) is 3.21 Å². The standard InChI is InChI=1S/C19H21.C5H5.C3H6.2ClH.Zr/c1-12(2)14-5-7-18-16(9-14)11-17-10-15(13(3)4)6-8-19(17)18;1-2-4-5-3-1;1-3-2;;;/h5-9,12-13H,11H2,1-4H3;1-5H;1-2H3;2*1H;/q2*-1;;;;+2/p-2. The van der Waals surface area contributed by atoms with Crippen molar-refractivity contribution in [3.05, 3.63) is 89.0 Å². The van der Waals surface area contributed by atoms with Crippen LogP contribution in [-0.2, 0) is 30.7 Å². The second-order valence-electron chi connectivity index (χ2n) is 8.17. The fourth-order valence-corrected chi connectivity index (χ4v) is 3.18. The molecule has 0 nitrogen and oxygen atoms in total. The molecular weight excluding hydrogens is 486 g/mol. The van der Waals surface area contributed by atoms with Crippen molar-refractivity contribution in [1.82, 2.24) is 0 Å². The normalized spacial score (nSPS) is 10.5. The van der Waals surface area contributed by atoms with Gasteiger partial charge in [-0.1, -0.05) is 51.5 Å². The van der Waals surface area contributed by atoms with Crippen LogP contribution in [0, 0.1) is 6.07 Å². The molecule has 0 saturated heterocycles. The van der Waals surface area contributed by atoms with Crippen molar-refractivity contribution in [3.63, 3.8) is 0 Å². The summed E-state index contributed by atoms with van der Waals surface area (Å²) in [6.45, 7) is 13.2. The van der Waals surface area contributed by atoms with Gasteiger partial charge in [0.2, 0.25) is 0 Å². The van der Waals surface area contributed by atoms with Gasteiger partial charge in [0.05, 0.1) is 0 Å². The third-order valence-corrected chi connectivity index (χ3v) is 4.68. The molecule has 0 N–H and O–H groups in total. The van der Waals surface area contributed by atoms with Crippen LogP contribution in [0.1, 0.15) is 75.6 Å². The minimum absolute atomic E-state index is 0. The molecule has 30 heavy (non-hydrogen) atoms. The van der Waals surface area contributed by atoms with Crippen molar-refractivity contribution in [2.75, 3.05) is 0 Å². The predicted octanol–water partition coefficient (Wildman–Crippen LogP) is 1.46. The molecule has 0 amide bonds. The van der Waals surface area contributed by atoms with Gasteiger partial charge in [-0.15, -0.1) is 11.1 Å². The average Bonchev–Trinajstić information content (AvgIpc) is 3.31. The van der Waals surface area contributed by atoms with Gasteiger partial charge in [0, 0.05) is 0 Å². The monoisotopic (exact) mass is 516 g/mol. The second kappa shape index (κ2) is 14.2. The van der Waals surface area contributed by atoms with Crippen molar-refractivity contribution in [2.24, 2.45) is 0 Å². The Bertz CT molecular complexity index is 817. The smallest absolute Gasteiger partial charge is 0.172 e. The number of fused-ring (bicyclic) bond motifs is 3. The number of benzene rings is 2. The van der Waals surface area contributed by atoms with E-state index in [0.717, 1.165) is 6.42 Å². The SMILES string of the molecule is CC(C)c1[c-]c2c(cc1)-c1ccc(C(C)C)cc1C2.C[C](C)=[Zr+2].[Cl-].[Cl-].c1cc[cH-]c1. The van der Waals surface area contributed by atoms with E-state index in [4.69, 9.17) is 0 Å². The Morgan fingerprint density at radius 3 is 1.93 bits per heavy atom. The molecule has 0 bridgehead atoms.